The monoisotopic (exact) mass is 444 g/mol. The maximum absolute atomic E-state index is 13.0. The van der Waals surface area contributed by atoms with Gasteiger partial charge >= 0.3 is 0 Å². The first-order valence-corrected chi connectivity index (χ1v) is 11.3. The predicted molar refractivity (Wildman–Crippen MR) is 120 cm³/mol. The maximum atomic E-state index is 13.0. The number of aliphatic hydroxyl groups excluding tert-OH is 1. The molecule has 0 bridgehead atoms. The molecule has 30 heavy (non-hydrogen) atoms. The van der Waals surface area contributed by atoms with Crippen LogP contribution in [-0.4, -0.2) is 33.6 Å². The lowest BCUT2D eigenvalue weighted by Gasteiger charge is -2.28. The molecule has 0 radical (unpaired) electrons. The number of aryl methyl sites for hydroxylation is 1. The van der Waals surface area contributed by atoms with Gasteiger partial charge in [-0.25, -0.2) is 4.98 Å². The number of rotatable bonds is 8. The largest absolute Gasteiger partial charge is 0.391 e. The Morgan fingerprint density at radius 3 is 2.70 bits per heavy atom. The van der Waals surface area contributed by atoms with Crippen molar-refractivity contribution in [1.82, 2.24) is 20.6 Å². The molecule has 0 spiro atoms. The van der Waals surface area contributed by atoms with Crippen LogP contribution >= 0.6 is 22.9 Å². The van der Waals surface area contributed by atoms with Crippen LogP contribution in [0.15, 0.2) is 36.4 Å². The van der Waals surface area contributed by atoms with E-state index in [1.807, 2.05) is 37.3 Å². The number of nitrogens with zero attached hydrogens (tertiary/aromatic N) is 1. The summed E-state index contributed by atoms with van der Waals surface area (Å²) in [5, 5.41) is 17.6. The highest BCUT2D eigenvalue weighted by molar-refractivity contribution is 7.11. The van der Waals surface area contributed by atoms with Crippen molar-refractivity contribution in [3.63, 3.8) is 0 Å². The third-order valence-electron chi connectivity index (χ3n) is 5.46. The fourth-order valence-corrected chi connectivity index (χ4v) is 4.51. The van der Waals surface area contributed by atoms with E-state index in [0.717, 1.165) is 26.8 Å². The van der Waals surface area contributed by atoms with Gasteiger partial charge in [0, 0.05) is 23.3 Å². The second-order valence-electron chi connectivity index (χ2n) is 7.57. The number of nitrogens with one attached hydrogen (secondary N) is 3. The topological polar surface area (TPSA) is 90.0 Å². The third-order valence-corrected chi connectivity index (χ3v) is 6.97. The Bertz CT molecular complexity index is 1010. The highest BCUT2D eigenvalue weighted by Crippen LogP contribution is 2.26. The number of aromatic amines is 1. The number of H-pyrrole nitrogens is 1. The third kappa shape index (κ3) is 4.75. The van der Waals surface area contributed by atoms with Gasteiger partial charge < -0.3 is 20.7 Å². The Morgan fingerprint density at radius 2 is 2.07 bits per heavy atom. The zero-order valence-electron chi connectivity index (χ0n) is 16.7. The molecule has 0 aliphatic heterocycles. The molecule has 1 amide bonds. The fraction of sp³-hybridized carbons (Fsp3) is 0.364. The van der Waals surface area contributed by atoms with E-state index in [1.165, 1.54) is 30.6 Å². The van der Waals surface area contributed by atoms with Crippen LogP contribution in [-0.2, 0) is 6.61 Å². The van der Waals surface area contributed by atoms with Crippen molar-refractivity contribution in [1.29, 1.82) is 0 Å². The summed E-state index contributed by atoms with van der Waals surface area (Å²) in [4.78, 5) is 21.6. The number of aliphatic hydroxyl groups is 1. The Labute approximate surface area is 184 Å². The molecule has 0 saturated heterocycles. The molecule has 3 aromatic rings. The van der Waals surface area contributed by atoms with Gasteiger partial charge in [-0.05, 0) is 49.6 Å². The van der Waals surface area contributed by atoms with E-state index in [4.69, 9.17) is 11.6 Å². The standard InChI is InChI=1S/C22H25ClN4O2S/c1-13-20(12-28)30-22(25-13)19(11-24-16-3-2-4-16)27-21(29)18-10-9-17(26-18)14-5-7-15(23)8-6-14/h5-10,16,19,24,26,28H,2-4,11-12H2,1H3,(H,27,29)/t19-/m0/s1. The van der Waals surface area contributed by atoms with Gasteiger partial charge in [-0.1, -0.05) is 30.2 Å². The number of benzene rings is 1. The zero-order chi connectivity index (χ0) is 21.1. The Balaban J connectivity index is 1.49. The van der Waals surface area contributed by atoms with Crippen LogP contribution in [0.1, 0.15) is 51.4 Å². The maximum Gasteiger partial charge on any atom is 0.268 e. The highest BCUT2D eigenvalue weighted by atomic mass is 35.5. The van der Waals surface area contributed by atoms with E-state index < -0.39 is 0 Å². The van der Waals surface area contributed by atoms with Crippen LogP contribution < -0.4 is 10.6 Å². The minimum absolute atomic E-state index is 0.0404. The number of hydrogen-bond acceptors (Lipinski definition) is 5. The van der Waals surface area contributed by atoms with E-state index in [2.05, 4.69) is 20.6 Å². The van der Waals surface area contributed by atoms with E-state index in [1.54, 1.807) is 6.07 Å². The van der Waals surface area contributed by atoms with Crippen LogP contribution in [0.5, 0.6) is 0 Å². The SMILES string of the molecule is Cc1nc([C@H](CNC2CCC2)NC(=O)c2ccc(-c3ccc(Cl)cc3)[nH]2)sc1CO. The van der Waals surface area contributed by atoms with Crippen molar-refractivity contribution in [2.75, 3.05) is 6.54 Å². The fourth-order valence-electron chi connectivity index (χ4n) is 3.40. The number of carbonyl (C=O) groups excluding carboxylic acids is 1. The molecular formula is C22H25ClN4O2S. The Kier molecular flexibility index (Phi) is 6.53. The number of aromatic nitrogens is 2. The first-order valence-electron chi connectivity index (χ1n) is 10.1. The van der Waals surface area contributed by atoms with Gasteiger partial charge in [0.25, 0.3) is 5.91 Å². The molecule has 1 fully saturated rings. The Hall–Kier alpha value is -2.19. The number of thiazole rings is 1. The van der Waals surface area contributed by atoms with Gasteiger partial charge in [-0.3, -0.25) is 4.79 Å². The Morgan fingerprint density at radius 1 is 1.30 bits per heavy atom. The summed E-state index contributed by atoms with van der Waals surface area (Å²) in [6, 6.07) is 11.4. The summed E-state index contributed by atoms with van der Waals surface area (Å²) >= 11 is 7.41. The summed E-state index contributed by atoms with van der Waals surface area (Å²) < 4.78 is 0. The summed E-state index contributed by atoms with van der Waals surface area (Å²) in [5.41, 5.74) is 3.12. The van der Waals surface area contributed by atoms with Crippen molar-refractivity contribution in [3.8, 4) is 11.3 Å². The average molecular weight is 445 g/mol. The first-order chi connectivity index (χ1) is 14.5. The van der Waals surface area contributed by atoms with Gasteiger partial charge in [0.2, 0.25) is 0 Å². The van der Waals surface area contributed by atoms with Gasteiger partial charge in [0.15, 0.2) is 0 Å². The minimum atomic E-state index is -0.260. The highest BCUT2D eigenvalue weighted by Gasteiger charge is 2.24. The minimum Gasteiger partial charge on any atom is -0.391 e. The molecule has 0 unspecified atom stereocenters. The smallest absolute Gasteiger partial charge is 0.268 e. The normalized spacial score (nSPS) is 15.0. The summed E-state index contributed by atoms with van der Waals surface area (Å²) in [5.74, 6) is -0.186. The van der Waals surface area contributed by atoms with Crippen molar-refractivity contribution >= 4 is 28.8 Å². The molecule has 4 rings (SSSR count). The zero-order valence-corrected chi connectivity index (χ0v) is 18.3. The molecule has 8 heteroatoms. The van der Waals surface area contributed by atoms with Gasteiger partial charge in [0.05, 0.1) is 23.2 Å². The molecule has 1 atom stereocenters. The molecule has 4 N–H and O–H groups in total. The molecule has 2 heterocycles. The lowest BCUT2D eigenvalue weighted by Crippen LogP contribution is -2.42. The second kappa shape index (κ2) is 9.31. The first kappa shape index (κ1) is 21.1. The molecule has 1 aliphatic rings. The van der Waals surface area contributed by atoms with Crippen LogP contribution in [0.25, 0.3) is 11.3 Å². The molecule has 158 valence electrons. The van der Waals surface area contributed by atoms with Crippen LogP contribution in [0.4, 0.5) is 0 Å². The van der Waals surface area contributed by atoms with E-state index in [-0.39, 0.29) is 18.6 Å². The molecule has 2 aromatic heterocycles. The molecule has 1 aromatic carbocycles. The summed E-state index contributed by atoms with van der Waals surface area (Å²) in [7, 11) is 0. The molecule has 1 aliphatic carbocycles. The van der Waals surface area contributed by atoms with Crippen LogP contribution in [0.3, 0.4) is 0 Å². The van der Waals surface area contributed by atoms with Crippen molar-refractivity contribution in [2.24, 2.45) is 0 Å². The summed E-state index contributed by atoms with van der Waals surface area (Å²) in [6.45, 7) is 2.45. The van der Waals surface area contributed by atoms with E-state index in [9.17, 15) is 9.90 Å². The van der Waals surface area contributed by atoms with E-state index >= 15 is 0 Å². The lowest BCUT2D eigenvalue weighted by molar-refractivity contribution is 0.0930. The second-order valence-corrected chi connectivity index (χ2v) is 9.13. The van der Waals surface area contributed by atoms with Gasteiger partial charge in [0.1, 0.15) is 10.7 Å². The lowest BCUT2D eigenvalue weighted by atomic mass is 9.93. The molecule has 6 nitrogen and oxygen atoms in total. The van der Waals surface area contributed by atoms with Crippen LogP contribution in [0.2, 0.25) is 5.02 Å². The van der Waals surface area contributed by atoms with Crippen LogP contribution in [0, 0.1) is 6.92 Å². The number of amides is 1. The van der Waals surface area contributed by atoms with Crippen molar-refractivity contribution < 1.29 is 9.90 Å². The predicted octanol–water partition coefficient (Wildman–Crippen LogP) is 4.21. The molecule has 1 saturated carbocycles. The number of carbonyl (C=O) groups is 1. The van der Waals surface area contributed by atoms with Crippen molar-refractivity contribution in [2.45, 2.75) is 44.9 Å². The van der Waals surface area contributed by atoms with Gasteiger partial charge in [-0.2, -0.15) is 0 Å². The van der Waals surface area contributed by atoms with Gasteiger partial charge in [-0.15, -0.1) is 11.3 Å². The quantitative estimate of drug-likeness (QED) is 0.419. The number of hydrogen-bond donors (Lipinski definition) is 4. The van der Waals surface area contributed by atoms with Crippen molar-refractivity contribution in [3.05, 3.63) is 62.7 Å². The average Bonchev–Trinajstić information content (AvgIpc) is 3.33. The number of halogens is 1. The van der Waals surface area contributed by atoms with E-state index in [0.29, 0.717) is 23.3 Å². The summed E-state index contributed by atoms with van der Waals surface area (Å²) in [6.07, 6.45) is 3.58. The molecular weight excluding hydrogens is 420 g/mol.